The third-order valence-corrected chi connectivity index (χ3v) is 2.71. The van der Waals surface area contributed by atoms with E-state index in [4.69, 9.17) is 0 Å². The first-order valence-corrected chi connectivity index (χ1v) is 4.61. The van der Waals surface area contributed by atoms with Gasteiger partial charge in [-0.2, -0.15) is 0 Å². The first-order valence-electron chi connectivity index (χ1n) is 4.61. The van der Waals surface area contributed by atoms with E-state index < -0.39 is 0 Å². The van der Waals surface area contributed by atoms with Crippen molar-refractivity contribution in [1.82, 2.24) is 0 Å². The van der Waals surface area contributed by atoms with Gasteiger partial charge in [-0.05, 0) is 11.1 Å². The van der Waals surface area contributed by atoms with Crippen molar-refractivity contribution in [2.45, 2.75) is 0 Å². The summed E-state index contributed by atoms with van der Waals surface area (Å²) in [6.45, 7) is 0. The van der Waals surface area contributed by atoms with Crippen LogP contribution < -0.4 is 10.9 Å². The van der Waals surface area contributed by atoms with Crippen molar-refractivity contribution in [2.24, 2.45) is 0 Å². The fourth-order valence-corrected chi connectivity index (χ4v) is 2.08. The van der Waals surface area contributed by atoms with Crippen molar-refractivity contribution in [3.63, 3.8) is 0 Å². The third-order valence-electron chi connectivity index (χ3n) is 2.71. The minimum Gasteiger partial charge on any atom is -0.0709 e. The molecule has 0 bridgehead atoms. The predicted octanol–water partition coefficient (Wildman–Crippen LogP) is 1.05. The van der Waals surface area contributed by atoms with Crippen LogP contribution in [0.25, 0.3) is 11.1 Å². The molecule has 1 heteroatoms. The Hall–Kier alpha value is -1.50. The molecule has 0 fully saturated rings. The van der Waals surface area contributed by atoms with Gasteiger partial charge in [0, 0.05) is 0 Å². The molecule has 60 valence electrons. The van der Waals surface area contributed by atoms with E-state index in [1.54, 1.807) is 0 Å². The molecule has 0 nitrogen and oxygen atoms in total. The lowest BCUT2D eigenvalue weighted by Gasteiger charge is -1.99. The Kier molecular flexibility index (Phi) is 1.34. The van der Waals surface area contributed by atoms with Crippen LogP contribution in [0.1, 0.15) is 0 Å². The van der Waals surface area contributed by atoms with E-state index in [9.17, 15) is 0 Å². The van der Waals surface area contributed by atoms with Gasteiger partial charge >= 0.3 is 0 Å². The van der Waals surface area contributed by atoms with E-state index in [1.165, 1.54) is 22.1 Å². The second kappa shape index (κ2) is 2.49. The van der Waals surface area contributed by atoms with Crippen LogP contribution in [0.3, 0.4) is 0 Å². The molecular formula is C12H9B. The van der Waals surface area contributed by atoms with Crippen LogP contribution >= 0.6 is 0 Å². The van der Waals surface area contributed by atoms with Crippen LogP contribution in [0, 0.1) is 0 Å². The maximum absolute atomic E-state index is 2.22. The lowest BCUT2D eigenvalue weighted by Crippen LogP contribution is -2.20. The van der Waals surface area contributed by atoms with Gasteiger partial charge < -0.3 is 0 Å². The largest absolute Gasteiger partial charge is 0.193 e. The number of rotatable bonds is 0. The smallest absolute Gasteiger partial charge is 0.0709 e. The molecule has 0 unspecified atom stereocenters. The van der Waals surface area contributed by atoms with E-state index in [1.807, 2.05) is 0 Å². The normalized spacial score (nSPS) is 11.7. The fraction of sp³-hybridized carbons (Fsp3) is 0. The van der Waals surface area contributed by atoms with Gasteiger partial charge in [-0.15, -0.1) is 0 Å². The van der Waals surface area contributed by atoms with Gasteiger partial charge in [0.15, 0.2) is 7.28 Å². The zero-order valence-corrected chi connectivity index (χ0v) is 7.33. The third kappa shape index (κ3) is 0.935. The second-order valence-electron chi connectivity index (χ2n) is 3.49. The Bertz CT molecular complexity index is 417. The summed E-state index contributed by atoms with van der Waals surface area (Å²) in [4.78, 5) is 0. The van der Waals surface area contributed by atoms with E-state index in [0.29, 0.717) is 0 Å². The molecule has 0 spiro atoms. The molecule has 2 aromatic carbocycles. The summed E-state index contributed by atoms with van der Waals surface area (Å²) in [7, 11) is 1.10. The van der Waals surface area contributed by atoms with Gasteiger partial charge in [0.2, 0.25) is 0 Å². The topological polar surface area (TPSA) is 0 Å². The molecule has 13 heavy (non-hydrogen) atoms. The summed E-state index contributed by atoms with van der Waals surface area (Å²) < 4.78 is 0. The Labute approximate surface area is 78.5 Å². The molecule has 0 aromatic heterocycles. The molecule has 1 heterocycles. The monoisotopic (exact) mass is 164 g/mol. The maximum atomic E-state index is 2.22. The highest BCUT2D eigenvalue weighted by Crippen LogP contribution is 2.18. The highest BCUT2D eigenvalue weighted by atomic mass is 14.1. The molecule has 0 amide bonds. The summed E-state index contributed by atoms with van der Waals surface area (Å²) in [6, 6.07) is 17.3. The number of benzene rings is 2. The Morgan fingerprint density at radius 3 is 1.62 bits per heavy atom. The molecule has 3 rings (SSSR count). The summed E-state index contributed by atoms with van der Waals surface area (Å²) in [5.41, 5.74) is 5.75. The van der Waals surface area contributed by atoms with Crippen LogP contribution in [0.4, 0.5) is 0 Å². The van der Waals surface area contributed by atoms with Crippen molar-refractivity contribution in [1.29, 1.82) is 0 Å². The number of hydrogen-bond donors (Lipinski definition) is 0. The van der Waals surface area contributed by atoms with Gasteiger partial charge in [-0.1, -0.05) is 59.5 Å². The second-order valence-corrected chi connectivity index (χ2v) is 3.49. The standard InChI is InChI=1S/C12H9B/c1-3-7-11-9(5-1)10-6-2-4-8-12(10)13-11/h1-8,13H. The quantitative estimate of drug-likeness (QED) is 0.435. The van der Waals surface area contributed by atoms with E-state index >= 15 is 0 Å². The van der Waals surface area contributed by atoms with Crippen LogP contribution in [-0.2, 0) is 0 Å². The minimum absolute atomic E-state index is 1.10. The molecule has 0 saturated carbocycles. The molecule has 2 aromatic rings. The Morgan fingerprint density at radius 2 is 1.08 bits per heavy atom. The minimum atomic E-state index is 1.10. The Balaban J connectivity index is 2.32. The molecule has 0 saturated heterocycles. The lowest BCUT2D eigenvalue weighted by molar-refractivity contribution is 1.71. The van der Waals surface area contributed by atoms with Crippen molar-refractivity contribution >= 4 is 18.2 Å². The number of fused-ring (bicyclic) bond motifs is 3. The van der Waals surface area contributed by atoms with Crippen LogP contribution in [-0.4, -0.2) is 7.28 Å². The lowest BCUT2D eigenvalue weighted by atomic mass is 9.68. The predicted molar refractivity (Wildman–Crippen MR) is 58.3 cm³/mol. The highest BCUT2D eigenvalue weighted by molar-refractivity contribution is 6.73. The molecule has 0 N–H and O–H groups in total. The van der Waals surface area contributed by atoms with Crippen molar-refractivity contribution in [3.8, 4) is 11.1 Å². The van der Waals surface area contributed by atoms with E-state index in [0.717, 1.165) is 7.28 Å². The average molecular weight is 164 g/mol. The zero-order chi connectivity index (χ0) is 8.67. The summed E-state index contributed by atoms with van der Waals surface area (Å²) in [5, 5.41) is 0. The summed E-state index contributed by atoms with van der Waals surface area (Å²) >= 11 is 0. The SMILES string of the molecule is B1c2ccccc2-c2ccccc21. The van der Waals surface area contributed by atoms with Crippen LogP contribution in [0.15, 0.2) is 48.5 Å². The molecule has 0 aliphatic carbocycles. The van der Waals surface area contributed by atoms with Gasteiger partial charge in [-0.25, -0.2) is 0 Å². The van der Waals surface area contributed by atoms with Crippen molar-refractivity contribution < 1.29 is 0 Å². The van der Waals surface area contributed by atoms with E-state index in [-0.39, 0.29) is 0 Å². The van der Waals surface area contributed by atoms with Crippen molar-refractivity contribution in [2.75, 3.05) is 0 Å². The number of hydrogen-bond acceptors (Lipinski definition) is 0. The van der Waals surface area contributed by atoms with Crippen molar-refractivity contribution in [3.05, 3.63) is 48.5 Å². The molecule has 0 atom stereocenters. The maximum Gasteiger partial charge on any atom is 0.193 e. The van der Waals surface area contributed by atoms with Gasteiger partial charge in [-0.3, -0.25) is 0 Å². The first kappa shape index (κ1) is 6.96. The average Bonchev–Trinajstić information content (AvgIpc) is 2.56. The highest BCUT2D eigenvalue weighted by Gasteiger charge is 2.17. The van der Waals surface area contributed by atoms with Gasteiger partial charge in [0.1, 0.15) is 0 Å². The molecule has 0 radical (unpaired) electrons. The molecule has 1 aliphatic heterocycles. The van der Waals surface area contributed by atoms with Gasteiger partial charge in [0.05, 0.1) is 0 Å². The fourth-order valence-electron chi connectivity index (χ4n) is 2.08. The summed E-state index contributed by atoms with van der Waals surface area (Å²) in [5.74, 6) is 0. The van der Waals surface area contributed by atoms with Gasteiger partial charge in [0.25, 0.3) is 0 Å². The van der Waals surface area contributed by atoms with E-state index in [2.05, 4.69) is 48.5 Å². The Morgan fingerprint density at radius 1 is 0.615 bits per heavy atom. The van der Waals surface area contributed by atoms with Crippen LogP contribution in [0.5, 0.6) is 0 Å². The van der Waals surface area contributed by atoms with Crippen LogP contribution in [0.2, 0.25) is 0 Å². The summed E-state index contributed by atoms with van der Waals surface area (Å²) in [6.07, 6.45) is 0. The molecule has 1 aliphatic rings. The first-order chi connectivity index (χ1) is 6.45. The zero-order valence-electron chi connectivity index (χ0n) is 7.33. The molecular weight excluding hydrogens is 155 g/mol.